The summed E-state index contributed by atoms with van der Waals surface area (Å²) in [6.07, 6.45) is 2.25. The van der Waals surface area contributed by atoms with Gasteiger partial charge in [0, 0.05) is 24.3 Å². The van der Waals surface area contributed by atoms with Crippen molar-refractivity contribution < 1.29 is 40.0 Å². The van der Waals surface area contributed by atoms with Crippen LogP contribution in [0.5, 0.6) is 5.75 Å². The lowest BCUT2D eigenvalue weighted by molar-refractivity contribution is -0.154. The van der Waals surface area contributed by atoms with Gasteiger partial charge in [-0.15, -0.1) is 0 Å². The van der Waals surface area contributed by atoms with Crippen LogP contribution in [0.15, 0.2) is 30.0 Å². The largest absolute Gasteiger partial charge is 0.534 e. The van der Waals surface area contributed by atoms with Crippen molar-refractivity contribution in [2.75, 3.05) is 13.2 Å². The highest BCUT2D eigenvalue weighted by Crippen LogP contribution is 2.59. The van der Waals surface area contributed by atoms with Crippen LogP contribution in [0.3, 0.4) is 0 Å². The zero-order valence-corrected chi connectivity index (χ0v) is 16.3. The molecule has 0 aromatic heterocycles. The van der Waals surface area contributed by atoms with Crippen LogP contribution in [0.4, 0.5) is 13.2 Å². The van der Waals surface area contributed by atoms with Gasteiger partial charge in [0.05, 0.1) is 31.0 Å². The van der Waals surface area contributed by atoms with Crippen molar-refractivity contribution in [1.29, 1.82) is 5.26 Å². The first-order chi connectivity index (χ1) is 14.1. The van der Waals surface area contributed by atoms with E-state index in [1.54, 1.807) is 6.26 Å². The van der Waals surface area contributed by atoms with E-state index < -0.39 is 38.7 Å². The first-order valence-electron chi connectivity index (χ1n) is 9.31. The lowest BCUT2D eigenvalue weighted by Crippen LogP contribution is -2.54. The van der Waals surface area contributed by atoms with Gasteiger partial charge >= 0.3 is 15.6 Å². The smallest absolute Gasteiger partial charge is 0.497 e. The Morgan fingerprint density at radius 3 is 2.60 bits per heavy atom. The Labute approximate surface area is 170 Å². The number of alkyl halides is 3. The maximum absolute atomic E-state index is 12.7. The summed E-state index contributed by atoms with van der Waals surface area (Å²) < 4.78 is 82.5. The van der Waals surface area contributed by atoms with E-state index in [1.165, 1.54) is 12.1 Å². The molecule has 0 unspecified atom stereocenters. The minimum absolute atomic E-state index is 0.281. The zero-order valence-electron chi connectivity index (χ0n) is 15.4. The molecular formula is C19H16F3NO6S. The second-order valence-corrected chi connectivity index (χ2v) is 9.30. The summed E-state index contributed by atoms with van der Waals surface area (Å²) in [7, 11) is -5.79. The minimum Gasteiger partial charge on any atom is -0.497 e. The standard InChI is InChI=1S/C19H16F3NO6S/c20-19(21,22)30(24,25)29-12-1-2-13-11(7-12)8-15-16-14(9-26-15)18(27-5-6-28-18)4-3-17(13,16)10-23/h1-2,7,9,15-16H,3-6,8H2/t15-,16-,17-/m1/s1. The Morgan fingerprint density at radius 2 is 1.93 bits per heavy atom. The Morgan fingerprint density at radius 1 is 1.20 bits per heavy atom. The molecule has 4 aliphatic rings. The molecule has 3 atom stereocenters. The molecule has 160 valence electrons. The first-order valence-corrected chi connectivity index (χ1v) is 10.7. The number of nitriles is 1. The molecular weight excluding hydrogens is 427 g/mol. The Balaban J connectivity index is 1.55. The van der Waals surface area contributed by atoms with E-state index in [2.05, 4.69) is 10.3 Å². The monoisotopic (exact) mass is 443 g/mol. The van der Waals surface area contributed by atoms with Gasteiger partial charge in [-0.05, 0) is 29.7 Å². The molecule has 0 N–H and O–H groups in total. The number of hydrogen-bond acceptors (Lipinski definition) is 7. The van der Waals surface area contributed by atoms with Crippen molar-refractivity contribution in [3.05, 3.63) is 41.2 Å². The minimum atomic E-state index is -5.79. The average molecular weight is 443 g/mol. The summed E-state index contributed by atoms with van der Waals surface area (Å²) in [5, 5.41) is 10.2. The van der Waals surface area contributed by atoms with Crippen LogP contribution in [0.25, 0.3) is 0 Å². The molecule has 11 heteroatoms. The van der Waals surface area contributed by atoms with E-state index in [0.717, 1.165) is 11.6 Å². The summed E-state index contributed by atoms with van der Waals surface area (Å²) in [5.41, 5.74) is -4.60. The molecule has 2 heterocycles. The molecule has 5 rings (SSSR count). The quantitative estimate of drug-likeness (QED) is 0.512. The van der Waals surface area contributed by atoms with E-state index in [4.69, 9.17) is 14.2 Å². The predicted octanol–water partition coefficient (Wildman–Crippen LogP) is 2.67. The third-order valence-electron chi connectivity index (χ3n) is 6.32. The highest BCUT2D eigenvalue weighted by Gasteiger charge is 2.63. The second kappa shape index (κ2) is 6.12. The normalized spacial score (nSPS) is 31.3. The van der Waals surface area contributed by atoms with Crippen LogP contribution in [-0.4, -0.2) is 39.0 Å². The van der Waals surface area contributed by atoms with Gasteiger partial charge in [-0.25, -0.2) is 0 Å². The van der Waals surface area contributed by atoms with Crippen molar-refractivity contribution in [3.8, 4) is 11.8 Å². The van der Waals surface area contributed by atoms with Crippen molar-refractivity contribution in [2.24, 2.45) is 5.92 Å². The van der Waals surface area contributed by atoms with Crippen LogP contribution < -0.4 is 4.18 Å². The van der Waals surface area contributed by atoms with Crippen LogP contribution in [-0.2, 0) is 36.2 Å². The molecule has 0 amide bonds. The van der Waals surface area contributed by atoms with Crippen LogP contribution in [0.2, 0.25) is 0 Å². The van der Waals surface area contributed by atoms with E-state index in [-0.39, 0.29) is 12.3 Å². The highest BCUT2D eigenvalue weighted by molar-refractivity contribution is 7.88. The topological polar surface area (TPSA) is 94.8 Å². The molecule has 2 aliphatic heterocycles. The van der Waals surface area contributed by atoms with Crippen molar-refractivity contribution >= 4 is 10.1 Å². The van der Waals surface area contributed by atoms with Gasteiger partial charge in [0.15, 0.2) is 5.79 Å². The number of benzene rings is 1. The molecule has 0 bridgehead atoms. The second-order valence-electron chi connectivity index (χ2n) is 7.76. The van der Waals surface area contributed by atoms with E-state index in [0.29, 0.717) is 37.2 Å². The fourth-order valence-electron chi connectivity index (χ4n) is 5.12. The SMILES string of the molecule is N#C[C@]12CCC3(OCCO3)C3=CO[C@H](Cc4cc(OS(=O)(=O)C(F)(F)F)ccc41)[C@@H]32. The molecule has 1 spiro atoms. The zero-order chi connectivity index (χ0) is 21.4. The van der Waals surface area contributed by atoms with Gasteiger partial charge in [0.1, 0.15) is 11.9 Å². The number of ether oxygens (including phenoxy) is 3. The van der Waals surface area contributed by atoms with E-state index in [9.17, 15) is 26.9 Å². The van der Waals surface area contributed by atoms with Crippen LogP contribution in [0.1, 0.15) is 24.0 Å². The predicted molar refractivity (Wildman–Crippen MR) is 93.4 cm³/mol. The molecule has 0 radical (unpaired) electrons. The van der Waals surface area contributed by atoms with Crippen molar-refractivity contribution in [2.45, 2.75) is 42.1 Å². The molecule has 7 nitrogen and oxygen atoms in total. The fraction of sp³-hybridized carbons (Fsp3) is 0.526. The third kappa shape index (κ3) is 2.53. The summed E-state index contributed by atoms with van der Waals surface area (Å²) in [6.45, 7) is 0.887. The van der Waals surface area contributed by atoms with Crippen LogP contribution in [0, 0.1) is 17.2 Å². The maximum Gasteiger partial charge on any atom is 0.534 e. The lowest BCUT2D eigenvalue weighted by atomic mass is 9.55. The summed E-state index contributed by atoms with van der Waals surface area (Å²) >= 11 is 0. The number of hydrogen-bond donors (Lipinski definition) is 0. The third-order valence-corrected chi connectivity index (χ3v) is 7.30. The van der Waals surface area contributed by atoms with Gasteiger partial charge in [-0.3, -0.25) is 0 Å². The summed E-state index contributed by atoms with van der Waals surface area (Å²) in [6, 6.07) is 6.26. The average Bonchev–Trinajstić information content (AvgIpc) is 3.32. The van der Waals surface area contributed by atoms with Crippen molar-refractivity contribution in [1.82, 2.24) is 0 Å². The number of halogens is 3. The number of rotatable bonds is 2. The Hall–Kier alpha value is -2.29. The summed E-state index contributed by atoms with van der Waals surface area (Å²) in [4.78, 5) is 0. The number of fused-ring (bicyclic) bond motifs is 3. The molecule has 1 aromatic rings. The van der Waals surface area contributed by atoms with Gasteiger partial charge in [0.2, 0.25) is 0 Å². The number of nitrogens with zero attached hydrogens (tertiary/aromatic N) is 1. The summed E-state index contributed by atoms with van der Waals surface area (Å²) in [5.74, 6) is -1.69. The van der Waals surface area contributed by atoms with E-state index in [1.807, 2.05) is 0 Å². The lowest BCUT2D eigenvalue weighted by Gasteiger charge is -2.49. The van der Waals surface area contributed by atoms with Crippen LogP contribution >= 0.6 is 0 Å². The van der Waals surface area contributed by atoms with E-state index >= 15 is 0 Å². The first kappa shape index (κ1) is 19.7. The molecule has 2 aliphatic carbocycles. The molecule has 1 aromatic carbocycles. The highest BCUT2D eigenvalue weighted by atomic mass is 32.2. The molecule has 30 heavy (non-hydrogen) atoms. The molecule has 1 saturated heterocycles. The maximum atomic E-state index is 12.7. The van der Waals surface area contributed by atoms with Gasteiger partial charge in [-0.1, -0.05) is 6.07 Å². The van der Waals surface area contributed by atoms with Gasteiger partial charge in [0.25, 0.3) is 0 Å². The van der Waals surface area contributed by atoms with Gasteiger partial charge in [-0.2, -0.15) is 26.9 Å². The molecule has 1 saturated carbocycles. The Kier molecular flexibility index (Phi) is 4.01. The van der Waals surface area contributed by atoms with Crippen molar-refractivity contribution in [3.63, 3.8) is 0 Å². The van der Waals surface area contributed by atoms with Gasteiger partial charge < -0.3 is 18.4 Å². The fourth-order valence-corrected chi connectivity index (χ4v) is 5.57. The molecule has 2 fully saturated rings. The Bertz CT molecular complexity index is 1090.